The third kappa shape index (κ3) is 2.11. The molecule has 3 heteroatoms. The summed E-state index contributed by atoms with van der Waals surface area (Å²) >= 11 is 0. The minimum atomic E-state index is 0.443. The third-order valence-corrected chi connectivity index (χ3v) is 2.82. The second-order valence-electron chi connectivity index (χ2n) is 3.72. The molecule has 1 aromatic heterocycles. The first-order chi connectivity index (χ1) is 6.88. The number of hydrogen-bond donors (Lipinski definition) is 1. The van der Waals surface area contributed by atoms with E-state index in [1.54, 1.807) is 0 Å². The van der Waals surface area contributed by atoms with E-state index in [4.69, 9.17) is 0 Å². The Hall–Kier alpha value is -0.930. The summed E-state index contributed by atoms with van der Waals surface area (Å²) in [7, 11) is 0. The quantitative estimate of drug-likeness (QED) is 0.757. The highest BCUT2D eigenvalue weighted by molar-refractivity contribution is 5.08. The van der Waals surface area contributed by atoms with E-state index in [1.807, 2.05) is 12.3 Å². The van der Waals surface area contributed by atoms with Gasteiger partial charge in [-0.15, -0.1) is 0 Å². The van der Waals surface area contributed by atoms with Crippen molar-refractivity contribution in [3.63, 3.8) is 0 Å². The maximum Gasteiger partial charge on any atom is 0.0572 e. The molecule has 0 spiro atoms. The van der Waals surface area contributed by atoms with E-state index in [1.165, 1.54) is 5.69 Å². The van der Waals surface area contributed by atoms with Gasteiger partial charge in [0.25, 0.3) is 0 Å². The first-order valence-corrected chi connectivity index (χ1v) is 5.23. The van der Waals surface area contributed by atoms with E-state index in [2.05, 4.69) is 34.3 Å². The normalized spacial score (nSPS) is 20.6. The van der Waals surface area contributed by atoms with Crippen LogP contribution in [0.25, 0.3) is 0 Å². The van der Waals surface area contributed by atoms with Crippen molar-refractivity contribution in [1.29, 1.82) is 0 Å². The molecule has 0 aromatic carbocycles. The Morgan fingerprint density at radius 3 is 2.79 bits per heavy atom. The van der Waals surface area contributed by atoms with Crippen molar-refractivity contribution in [2.24, 2.45) is 0 Å². The number of rotatable bonds is 2. The molecule has 0 radical (unpaired) electrons. The Morgan fingerprint density at radius 1 is 1.36 bits per heavy atom. The van der Waals surface area contributed by atoms with Gasteiger partial charge in [-0.1, -0.05) is 6.07 Å². The summed E-state index contributed by atoms with van der Waals surface area (Å²) in [4.78, 5) is 6.86. The maximum atomic E-state index is 4.39. The summed E-state index contributed by atoms with van der Waals surface area (Å²) in [5, 5.41) is 3.36. The van der Waals surface area contributed by atoms with E-state index in [9.17, 15) is 0 Å². The highest BCUT2D eigenvalue weighted by atomic mass is 15.2. The molecule has 1 aliphatic heterocycles. The molecule has 0 aliphatic carbocycles. The molecular weight excluding hydrogens is 174 g/mol. The minimum Gasteiger partial charge on any atom is -0.314 e. The van der Waals surface area contributed by atoms with Crippen LogP contribution in [0.3, 0.4) is 0 Å². The molecule has 2 rings (SSSR count). The number of nitrogens with zero attached hydrogens (tertiary/aromatic N) is 2. The molecule has 1 fully saturated rings. The van der Waals surface area contributed by atoms with Gasteiger partial charge < -0.3 is 5.32 Å². The number of aromatic nitrogens is 1. The summed E-state index contributed by atoms with van der Waals surface area (Å²) in [5.41, 5.74) is 1.18. The summed E-state index contributed by atoms with van der Waals surface area (Å²) in [6.07, 6.45) is 1.87. The summed E-state index contributed by atoms with van der Waals surface area (Å²) < 4.78 is 0. The lowest BCUT2D eigenvalue weighted by atomic mass is 10.1. The average molecular weight is 191 g/mol. The molecule has 14 heavy (non-hydrogen) atoms. The molecule has 0 bridgehead atoms. The molecule has 1 aliphatic rings. The molecule has 0 saturated carbocycles. The Morgan fingerprint density at radius 2 is 2.14 bits per heavy atom. The van der Waals surface area contributed by atoms with Crippen LogP contribution in [0.4, 0.5) is 0 Å². The highest BCUT2D eigenvalue weighted by Crippen LogP contribution is 2.17. The second kappa shape index (κ2) is 4.53. The second-order valence-corrected chi connectivity index (χ2v) is 3.72. The smallest absolute Gasteiger partial charge is 0.0572 e. The van der Waals surface area contributed by atoms with Crippen molar-refractivity contribution in [3.8, 4) is 0 Å². The number of hydrogen-bond acceptors (Lipinski definition) is 3. The zero-order valence-electron chi connectivity index (χ0n) is 8.61. The molecule has 1 unspecified atom stereocenters. The van der Waals surface area contributed by atoms with Crippen LogP contribution in [0.2, 0.25) is 0 Å². The Labute approximate surface area is 85.1 Å². The van der Waals surface area contributed by atoms with Gasteiger partial charge in [0.2, 0.25) is 0 Å². The molecule has 2 heterocycles. The van der Waals surface area contributed by atoms with Crippen LogP contribution in [0.15, 0.2) is 24.4 Å². The molecule has 1 N–H and O–H groups in total. The van der Waals surface area contributed by atoms with E-state index in [0.29, 0.717) is 6.04 Å². The van der Waals surface area contributed by atoms with Crippen molar-refractivity contribution >= 4 is 0 Å². The topological polar surface area (TPSA) is 28.2 Å². The Bertz CT molecular complexity index is 267. The van der Waals surface area contributed by atoms with Crippen molar-refractivity contribution in [3.05, 3.63) is 30.1 Å². The van der Waals surface area contributed by atoms with Gasteiger partial charge in [0, 0.05) is 38.4 Å². The SMILES string of the molecule is CC(c1ccccn1)N1CCNCC1. The fourth-order valence-corrected chi connectivity index (χ4v) is 1.88. The zero-order chi connectivity index (χ0) is 9.80. The first kappa shape index (κ1) is 9.62. The van der Waals surface area contributed by atoms with Crippen LogP contribution in [0, 0.1) is 0 Å². The molecule has 3 nitrogen and oxygen atoms in total. The van der Waals surface area contributed by atoms with Crippen LogP contribution in [0.1, 0.15) is 18.7 Å². The van der Waals surface area contributed by atoms with Crippen LogP contribution in [-0.4, -0.2) is 36.1 Å². The molecule has 1 aromatic rings. The van der Waals surface area contributed by atoms with Crippen LogP contribution in [-0.2, 0) is 0 Å². The summed E-state index contributed by atoms with van der Waals surface area (Å²) in [6, 6.07) is 6.57. The highest BCUT2D eigenvalue weighted by Gasteiger charge is 2.17. The molecular formula is C11H17N3. The summed E-state index contributed by atoms with van der Waals surface area (Å²) in [6.45, 7) is 6.66. The number of piperazine rings is 1. The van der Waals surface area contributed by atoms with E-state index >= 15 is 0 Å². The standard InChI is InChI=1S/C11H17N3/c1-10(11-4-2-3-5-13-11)14-8-6-12-7-9-14/h2-5,10,12H,6-9H2,1H3. The summed E-state index contributed by atoms with van der Waals surface area (Å²) in [5.74, 6) is 0. The van der Waals surface area contributed by atoms with Crippen molar-refractivity contribution in [2.75, 3.05) is 26.2 Å². The van der Waals surface area contributed by atoms with Crippen molar-refractivity contribution in [1.82, 2.24) is 15.2 Å². The number of pyridine rings is 1. The van der Waals surface area contributed by atoms with Crippen molar-refractivity contribution in [2.45, 2.75) is 13.0 Å². The van der Waals surface area contributed by atoms with Gasteiger partial charge >= 0.3 is 0 Å². The largest absolute Gasteiger partial charge is 0.314 e. The molecule has 76 valence electrons. The first-order valence-electron chi connectivity index (χ1n) is 5.23. The van der Waals surface area contributed by atoms with E-state index in [0.717, 1.165) is 26.2 Å². The molecule has 1 atom stereocenters. The van der Waals surface area contributed by atoms with Crippen LogP contribution >= 0.6 is 0 Å². The predicted octanol–water partition coefficient (Wildman–Crippen LogP) is 1.05. The minimum absolute atomic E-state index is 0.443. The van der Waals surface area contributed by atoms with Crippen LogP contribution in [0.5, 0.6) is 0 Å². The Kier molecular flexibility index (Phi) is 3.11. The third-order valence-electron chi connectivity index (χ3n) is 2.82. The average Bonchev–Trinajstić information content (AvgIpc) is 2.30. The fraction of sp³-hybridized carbons (Fsp3) is 0.545. The van der Waals surface area contributed by atoms with Gasteiger partial charge in [-0.2, -0.15) is 0 Å². The van der Waals surface area contributed by atoms with Gasteiger partial charge in [0.1, 0.15) is 0 Å². The Balaban J connectivity index is 2.03. The van der Waals surface area contributed by atoms with E-state index < -0.39 is 0 Å². The van der Waals surface area contributed by atoms with Gasteiger partial charge in [-0.05, 0) is 19.1 Å². The number of nitrogens with one attached hydrogen (secondary N) is 1. The monoisotopic (exact) mass is 191 g/mol. The van der Waals surface area contributed by atoms with Gasteiger partial charge in [-0.25, -0.2) is 0 Å². The zero-order valence-corrected chi connectivity index (χ0v) is 8.61. The van der Waals surface area contributed by atoms with Gasteiger partial charge in [-0.3, -0.25) is 9.88 Å². The predicted molar refractivity (Wildman–Crippen MR) is 57.1 cm³/mol. The van der Waals surface area contributed by atoms with E-state index in [-0.39, 0.29) is 0 Å². The van der Waals surface area contributed by atoms with Crippen molar-refractivity contribution < 1.29 is 0 Å². The van der Waals surface area contributed by atoms with Crippen LogP contribution < -0.4 is 5.32 Å². The maximum absolute atomic E-state index is 4.39. The fourth-order valence-electron chi connectivity index (χ4n) is 1.88. The lowest BCUT2D eigenvalue weighted by molar-refractivity contribution is 0.182. The molecule has 1 saturated heterocycles. The lowest BCUT2D eigenvalue weighted by Gasteiger charge is -2.32. The van der Waals surface area contributed by atoms with Gasteiger partial charge in [0.15, 0.2) is 0 Å². The molecule has 0 amide bonds. The van der Waals surface area contributed by atoms with Gasteiger partial charge in [0.05, 0.1) is 5.69 Å². The lowest BCUT2D eigenvalue weighted by Crippen LogP contribution is -2.44.